The first-order valence-corrected chi connectivity index (χ1v) is 6.08. The van der Waals surface area contributed by atoms with Crippen LogP contribution in [-0.2, 0) is 6.54 Å². The summed E-state index contributed by atoms with van der Waals surface area (Å²) in [7, 11) is -1.89. The minimum atomic E-state index is -1.89. The van der Waals surface area contributed by atoms with E-state index in [4.69, 9.17) is 10.0 Å². The van der Waals surface area contributed by atoms with Crippen molar-refractivity contribution in [3.05, 3.63) is 57.5 Å². The van der Waals surface area contributed by atoms with Gasteiger partial charge in [-0.05, 0) is 31.5 Å². The first-order chi connectivity index (χ1) is 9.38. The van der Waals surface area contributed by atoms with Gasteiger partial charge in [-0.1, -0.05) is 12.1 Å². The largest absolute Gasteiger partial charge is 0.491 e. The SMILES string of the molecule is Cc1cc(C)n(Cc2ccc(F)c(B(O)O)c2)c(=O)n1. The maximum absolute atomic E-state index is 13.4. The standard InChI is InChI=1S/C13H14BFN2O3/c1-8-5-9(2)17(13(18)16-8)7-10-3-4-12(15)11(6-10)14(19)20/h3-6,19-20H,7H2,1-2H3. The second-order valence-corrected chi connectivity index (χ2v) is 4.64. The van der Waals surface area contributed by atoms with Crippen LogP contribution in [0.15, 0.2) is 29.1 Å². The van der Waals surface area contributed by atoms with Crippen molar-refractivity contribution in [2.45, 2.75) is 20.4 Å². The lowest BCUT2D eigenvalue weighted by atomic mass is 9.79. The highest BCUT2D eigenvalue weighted by molar-refractivity contribution is 6.58. The summed E-state index contributed by atoms with van der Waals surface area (Å²) < 4.78 is 14.8. The Bertz CT molecular complexity index is 701. The van der Waals surface area contributed by atoms with E-state index in [0.29, 0.717) is 11.3 Å². The molecule has 2 rings (SSSR count). The van der Waals surface area contributed by atoms with Crippen LogP contribution in [0.3, 0.4) is 0 Å². The third-order valence-electron chi connectivity index (χ3n) is 3.03. The molecule has 1 heterocycles. The lowest BCUT2D eigenvalue weighted by Gasteiger charge is -2.11. The Morgan fingerprint density at radius 2 is 2.00 bits per heavy atom. The minimum absolute atomic E-state index is 0.192. The maximum Gasteiger partial charge on any atom is 0.491 e. The molecule has 5 nitrogen and oxygen atoms in total. The van der Waals surface area contributed by atoms with E-state index in [2.05, 4.69) is 4.98 Å². The molecular weight excluding hydrogens is 262 g/mol. The third-order valence-corrected chi connectivity index (χ3v) is 3.03. The molecule has 2 N–H and O–H groups in total. The zero-order chi connectivity index (χ0) is 14.9. The van der Waals surface area contributed by atoms with E-state index < -0.39 is 18.6 Å². The molecule has 0 unspecified atom stereocenters. The lowest BCUT2D eigenvalue weighted by Crippen LogP contribution is -2.33. The number of hydrogen-bond acceptors (Lipinski definition) is 4. The average Bonchev–Trinajstić information content (AvgIpc) is 2.35. The molecule has 2 aromatic rings. The first-order valence-electron chi connectivity index (χ1n) is 6.08. The summed E-state index contributed by atoms with van der Waals surface area (Å²) in [5.74, 6) is -0.699. The molecule has 0 saturated heterocycles. The number of aryl methyl sites for hydroxylation is 2. The molecule has 0 fully saturated rings. The zero-order valence-electron chi connectivity index (χ0n) is 11.2. The molecule has 1 aromatic heterocycles. The van der Waals surface area contributed by atoms with Gasteiger partial charge >= 0.3 is 12.8 Å². The monoisotopic (exact) mass is 276 g/mol. The van der Waals surface area contributed by atoms with Gasteiger partial charge in [0.1, 0.15) is 5.82 Å². The molecule has 0 bridgehead atoms. The van der Waals surface area contributed by atoms with Crippen LogP contribution in [0.25, 0.3) is 0 Å². The first kappa shape index (κ1) is 14.4. The Balaban J connectivity index is 2.41. The summed E-state index contributed by atoms with van der Waals surface area (Å²) in [5, 5.41) is 18.2. The second kappa shape index (κ2) is 5.56. The maximum atomic E-state index is 13.4. The summed E-state index contributed by atoms with van der Waals surface area (Å²) in [6.07, 6.45) is 0. The molecule has 0 amide bonds. The molecule has 0 atom stereocenters. The van der Waals surface area contributed by atoms with Crippen LogP contribution < -0.4 is 11.2 Å². The van der Waals surface area contributed by atoms with E-state index in [1.54, 1.807) is 19.9 Å². The molecular formula is C13H14BFN2O3. The fraction of sp³-hybridized carbons (Fsp3) is 0.231. The fourth-order valence-corrected chi connectivity index (χ4v) is 2.04. The zero-order valence-corrected chi connectivity index (χ0v) is 11.2. The molecule has 0 radical (unpaired) electrons. The Morgan fingerprint density at radius 1 is 1.30 bits per heavy atom. The van der Waals surface area contributed by atoms with Crippen molar-refractivity contribution < 1.29 is 14.4 Å². The van der Waals surface area contributed by atoms with Crippen LogP contribution in [0.2, 0.25) is 0 Å². The number of benzene rings is 1. The van der Waals surface area contributed by atoms with Crippen LogP contribution in [0.4, 0.5) is 4.39 Å². The van der Waals surface area contributed by atoms with Crippen molar-refractivity contribution >= 4 is 12.6 Å². The highest BCUT2D eigenvalue weighted by Gasteiger charge is 2.17. The molecule has 0 aliphatic rings. The van der Waals surface area contributed by atoms with Gasteiger partial charge in [-0.3, -0.25) is 4.57 Å². The predicted molar refractivity (Wildman–Crippen MR) is 73.3 cm³/mol. The van der Waals surface area contributed by atoms with Gasteiger partial charge in [-0.2, -0.15) is 4.98 Å². The number of rotatable bonds is 3. The van der Waals surface area contributed by atoms with Gasteiger partial charge in [0.2, 0.25) is 0 Å². The number of aromatic nitrogens is 2. The van der Waals surface area contributed by atoms with Crippen molar-refractivity contribution in [2.24, 2.45) is 0 Å². The summed E-state index contributed by atoms with van der Waals surface area (Å²) in [6.45, 7) is 3.70. The normalized spacial score (nSPS) is 10.7. The summed E-state index contributed by atoms with van der Waals surface area (Å²) in [5.41, 5.74) is 1.35. The Morgan fingerprint density at radius 3 is 2.60 bits per heavy atom. The Kier molecular flexibility index (Phi) is 4.01. The molecule has 7 heteroatoms. The van der Waals surface area contributed by atoms with E-state index in [0.717, 1.165) is 11.8 Å². The van der Waals surface area contributed by atoms with Gasteiger partial charge in [0, 0.05) is 16.9 Å². The van der Waals surface area contributed by atoms with E-state index in [1.165, 1.54) is 16.7 Å². The molecule has 1 aromatic carbocycles. The van der Waals surface area contributed by atoms with Crippen molar-refractivity contribution in [1.82, 2.24) is 9.55 Å². The number of nitrogens with zero attached hydrogens (tertiary/aromatic N) is 2. The van der Waals surface area contributed by atoms with Crippen LogP contribution in [-0.4, -0.2) is 26.7 Å². The van der Waals surface area contributed by atoms with Crippen molar-refractivity contribution in [1.29, 1.82) is 0 Å². The molecule has 20 heavy (non-hydrogen) atoms. The summed E-state index contributed by atoms with van der Waals surface area (Å²) >= 11 is 0. The van der Waals surface area contributed by atoms with Crippen molar-refractivity contribution in [3.63, 3.8) is 0 Å². The molecule has 0 aliphatic carbocycles. The van der Waals surface area contributed by atoms with E-state index in [-0.39, 0.29) is 12.0 Å². The van der Waals surface area contributed by atoms with E-state index in [9.17, 15) is 9.18 Å². The predicted octanol–water partition coefficient (Wildman–Crippen LogP) is -0.273. The quantitative estimate of drug-likeness (QED) is 0.756. The molecule has 104 valence electrons. The van der Waals surface area contributed by atoms with Crippen molar-refractivity contribution in [3.8, 4) is 0 Å². The summed E-state index contributed by atoms with van der Waals surface area (Å²) in [6, 6.07) is 5.73. The molecule has 0 saturated carbocycles. The molecule has 0 aliphatic heterocycles. The van der Waals surface area contributed by atoms with Crippen LogP contribution >= 0.6 is 0 Å². The van der Waals surface area contributed by atoms with Gasteiger partial charge in [-0.25, -0.2) is 9.18 Å². The van der Waals surface area contributed by atoms with Gasteiger partial charge in [-0.15, -0.1) is 0 Å². The smallest absolute Gasteiger partial charge is 0.423 e. The number of halogens is 1. The van der Waals surface area contributed by atoms with Gasteiger partial charge in [0.25, 0.3) is 0 Å². The topological polar surface area (TPSA) is 75.3 Å². The van der Waals surface area contributed by atoms with Gasteiger partial charge < -0.3 is 10.0 Å². The summed E-state index contributed by atoms with van der Waals surface area (Å²) in [4.78, 5) is 15.7. The average molecular weight is 276 g/mol. The fourth-order valence-electron chi connectivity index (χ4n) is 2.04. The van der Waals surface area contributed by atoms with Crippen LogP contribution in [0, 0.1) is 19.7 Å². The van der Waals surface area contributed by atoms with E-state index in [1.807, 2.05) is 0 Å². The third kappa shape index (κ3) is 2.94. The Hall–Kier alpha value is -1.99. The van der Waals surface area contributed by atoms with Gasteiger partial charge in [0.05, 0.1) is 6.54 Å². The Labute approximate surface area is 115 Å². The van der Waals surface area contributed by atoms with Gasteiger partial charge in [0.15, 0.2) is 0 Å². The van der Waals surface area contributed by atoms with Crippen molar-refractivity contribution in [2.75, 3.05) is 0 Å². The highest BCUT2D eigenvalue weighted by Crippen LogP contribution is 2.05. The van der Waals surface area contributed by atoms with Crippen LogP contribution in [0.1, 0.15) is 17.0 Å². The lowest BCUT2D eigenvalue weighted by molar-refractivity contribution is 0.423. The van der Waals surface area contributed by atoms with Crippen LogP contribution in [0.5, 0.6) is 0 Å². The highest BCUT2D eigenvalue weighted by atomic mass is 19.1. The van der Waals surface area contributed by atoms with E-state index >= 15 is 0 Å². The molecule has 0 spiro atoms. The number of hydrogen-bond donors (Lipinski definition) is 2. The second-order valence-electron chi connectivity index (χ2n) is 4.64. The minimum Gasteiger partial charge on any atom is -0.423 e.